The topological polar surface area (TPSA) is 52.6 Å². The van der Waals surface area contributed by atoms with Crippen molar-refractivity contribution in [2.24, 2.45) is 4.99 Å². The third kappa shape index (κ3) is 5.82. The van der Waals surface area contributed by atoms with Crippen LogP contribution in [0.4, 0.5) is 5.13 Å². The van der Waals surface area contributed by atoms with Gasteiger partial charge in [0.05, 0.1) is 12.2 Å². The molecule has 1 aromatic heterocycles. The second-order valence-corrected chi connectivity index (χ2v) is 5.83. The van der Waals surface area contributed by atoms with Gasteiger partial charge in [-0.25, -0.2) is 9.98 Å². The smallest absolute Gasteiger partial charge is 0.191 e. The number of hydrogen-bond acceptors (Lipinski definition) is 4. The van der Waals surface area contributed by atoms with Crippen molar-refractivity contribution in [2.45, 2.75) is 32.4 Å². The third-order valence-corrected chi connectivity index (χ3v) is 4.07. The number of nitrogens with one attached hydrogen (secondary N) is 2. The number of anilines is 1. The van der Waals surface area contributed by atoms with Crippen molar-refractivity contribution in [1.29, 1.82) is 0 Å². The number of hydrogen-bond donors (Lipinski definition) is 2. The van der Waals surface area contributed by atoms with E-state index in [1.165, 1.54) is 0 Å². The zero-order valence-electron chi connectivity index (χ0n) is 12.8. The molecule has 5 nitrogen and oxygen atoms in total. The molecule has 7 heteroatoms. The van der Waals surface area contributed by atoms with Crippen molar-refractivity contribution < 1.29 is 0 Å². The summed E-state index contributed by atoms with van der Waals surface area (Å²) < 4.78 is 0. The van der Waals surface area contributed by atoms with Gasteiger partial charge in [-0.15, -0.1) is 35.3 Å². The average Bonchev–Trinajstić information content (AvgIpc) is 3.07. The highest BCUT2D eigenvalue weighted by Gasteiger charge is 2.11. The predicted octanol–water partition coefficient (Wildman–Crippen LogP) is 2.60. The molecule has 0 saturated carbocycles. The van der Waals surface area contributed by atoms with Crippen molar-refractivity contribution >= 4 is 46.4 Å². The molecule has 1 aliphatic carbocycles. The molecule has 1 aromatic rings. The quantitative estimate of drug-likeness (QED) is 0.332. The van der Waals surface area contributed by atoms with Gasteiger partial charge in [-0.3, -0.25) is 0 Å². The van der Waals surface area contributed by atoms with E-state index in [2.05, 4.69) is 45.1 Å². The minimum atomic E-state index is 0. The first-order chi connectivity index (χ1) is 9.69. The summed E-state index contributed by atoms with van der Waals surface area (Å²) in [5.41, 5.74) is 1.01. The summed E-state index contributed by atoms with van der Waals surface area (Å²) in [6.45, 7) is 3.56. The van der Waals surface area contributed by atoms with Crippen LogP contribution in [0.5, 0.6) is 0 Å². The fraction of sp³-hybridized carbons (Fsp3) is 0.571. The molecule has 0 saturated heterocycles. The summed E-state index contributed by atoms with van der Waals surface area (Å²) in [5.74, 6) is 0.876. The Labute approximate surface area is 148 Å². The van der Waals surface area contributed by atoms with E-state index in [4.69, 9.17) is 0 Å². The average molecular weight is 421 g/mol. The zero-order chi connectivity index (χ0) is 14.4. The van der Waals surface area contributed by atoms with Crippen molar-refractivity contribution in [3.63, 3.8) is 0 Å². The lowest BCUT2D eigenvalue weighted by Gasteiger charge is -2.16. The van der Waals surface area contributed by atoms with Gasteiger partial charge in [-0.2, -0.15) is 0 Å². The molecule has 0 atom stereocenters. The van der Waals surface area contributed by atoms with E-state index in [1.807, 2.05) is 19.0 Å². The monoisotopic (exact) mass is 421 g/mol. The van der Waals surface area contributed by atoms with Crippen LogP contribution in [0.15, 0.2) is 22.5 Å². The Hall–Kier alpha value is -0.830. The van der Waals surface area contributed by atoms with Gasteiger partial charge in [-0.1, -0.05) is 12.2 Å². The Kier molecular flexibility index (Phi) is 8.02. The second-order valence-electron chi connectivity index (χ2n) is 5.00. The molecule has 0 unspecified atom stereocenters. The fourth-order valence-electron chi connectivity index (χ4n) is 1.98. The molecule has 1 heterocycles. The first kappa shape index (κ1) is 18.2. The van der Waals surface area contributed by atoms with Gasteiger partial charge < -0.3 is 15.5 Å². The standard InChI is InChI=1S/C14H23N5S.HI/c1-4-15-13(17-11-7-5-6-8-11)16-9-12-10-20-14(18-12)19(2)3;/h5-6,10-11H,4,7-9H2,1-3H3,(H2,15,16,17);1H. The number of nitrogens with zero attached hydrogens (tertiary/aromatic N) is 3. The minimum absolute atomic E-state index is 0. The zero-order valence-corrected chi connectivity index (χ0v) is 15.9. The predicted molar refractivity (Wildman–Crippen MR) is 102 cm³/mol. The van der Waals surface area contributed by atoms with Gasteiger partial charge in [0.2, 0.25) is 0 Å². The van der Waals surface area contributed by atoms with Crippen LogP contribution in [0.1, 0.15) is 25.5 Å². The van der Waals surface area contributed by atoms with Crippen LogP contribution in [0.3, 0.4) is 0 Å². The van der Waals surface area contributed by atoms with Gasteiger partial charge >= 0.3 is 0 Å². The summed E-state index contributed by atoms with van der Waals surface area (Å²) in [6, 6.07) is 0.473. The van der Waals surface area contributed by atoms with Gasteiger partial charge in [-0.05, 0) is 19.8 Å². The minimum Gasteiger partial charge on any atom is -0.357 e. The molecule has 0 aliphatic heterocycles. The van der Waals surface area contributed by atoms with Crippen LogP contribution in [0.25, 0.3) is 0 Å². The molecule has 118 valence electrons. The van der Waals surface area contributed by atoms with Crippen LogP contribution in [0.2, 0.25) is 0 Å². The maximum atomic E-state index is 4.61. The van der Waals surface area contributed by atoms with E-state index in [0.717, 1.165) is 36.2 Å². The molecular formula is C14H24IN5S. The second kappa shape index (κ2) is 9.24. The van der Waals surface area contributed by atoms with E-state index >= 15 is 0 Å². The highest BCUT2D eigenvalue weighted by molar-refractivity contribution is 14.0. The molecular weight excluding hydrogens is 397 g/mol. The molecule has 0 spiro atoms. The summed E-state index contributed by atoms with van der Waals surface area (Å²) in [6.07, 6.45) is 6.58. The fourth-order valence-corrected chi connectivity index (χ4v) is 2.73. The van der Waals surface area contributed by atoms with E-state index in [1.54, 1.807) is 11.3 Å². The molecule has 0 aromatic carbocycles. The summed E-state index contributed by atoms with van der Waals surface area (Å²) >= 11 is 1.65. The maximum Gasteiger partial charge on any atom is 0.191 e. The van der Waals surface area contributed by atoms with E-state index in [0.29, 0.717) is 12.6 Å². The summed E-state index contributed by atoms with van der Waals surface area (Å²) in [5, 5.41) is 9.83. The normalized spacial score (nSPS) is 14.9. The molecule has 2 N–H and O–H groups in total. The Morgan fingerprint density at radius 1 is 1.43 bits per heavy atom. The van der Waals surface area contributed by atoms with Crippen molar-refractivity contribution in [3.8, 4) is 0 Å². The highest BCUT2D eigenvalue weighted by Crippen LogP contribution is 2.18. The highest BCUT2D eigenvalue weighted by atomic mass is 127. The lowest BCUT2D eigenvalue weighted by molar-refractivity contribution is 0.633. The third-order valence-electron chi connectivity index (χ3n) is 3.01. The molecule has 0 radical (unpaired) electrons. The molecule has 0 amide bonds. The lowest BCUT2D eigenvalue weighted by Crippen LogP contribution is -2.42. The number of halogens is 1. The van der Waals surface area contributed by atoms with Crippen LogP contribution in [-0.2, 0) is 6.54 Å². The van der Waals surface area contributed by atoms with Crippen LogP contribution >= 0.6 is 35.3 Å². The first-order valence-electron chi connectivity index (χ1n) is 7.00. The molecule has 21 heavy (non-hydrogen) atoms. The SMILES string of the molecule is CCNC(=NCc1csc(N(C)C)n1)NC1CC=CC1.I. The molecule has 0 fully saturated rings. The van der Waals surface area contributed by atoms with Crippen LogP contribution in [0, 0.1) is 0 Å². The number of aliphatic imine (C=N–C) groups is 1. The van der Waals surface area contributed by atoms with Crippen molar-refractivity contribution in [1.82, 2.24) is 15.6 Å². The molecule has 1 aliphatic rings. The number of guanidine groups is 1. The number of thiazole rings is 1. The van der Waals surface area contributed by atoms with E-state index in [9.17, 15) is 0 Å². The number of rotatable bonds is 5. The summed E-state index contributed by atoms with van der Waals surface area (Å²) in [4.78, 5) is 11.2. The van der Waals surface area contributed by atoms with E-state index in [-0.39, 0.29) is 24.0 Å². The van der Waals surface area contributed by atoms with Gasteiger partial charge in [0, 0.05) is 32.1 Å². The van der Waals surface area contributed by atoms with Crippen LogP contribution < -0.4 is 15.5 Å². The largest absolute Gasteiger partial charge is 0.357 e. The molecule has 2 rings (SSSR count). The Morgan fingerprint density at radius 3 is 2.71 bits per heavy atom. The molecule has 0 bridgehead atoms. The van der Waals surface area contributed by atoms with Gasteiger partial charge in [0.1, 0.15) is 0 Å². The lowest BCUT2D eigenvalue weighted by atomic mass is 10.2. The Balaban J connectivity index is 0.00000220. The number of aromatic nitrogens is 1. The van der Waals surface area contributed by atoms with Crippen molar-refractivity contribution in [3.05, 3.63) is 23.2 Å². The van der Waals surface area contributed by atoms with Gasteiger partial charge in [0.15, 0.2) is 11.1 Å². The van der Waals surface area contributed by atoms with E-state index < -0.39 is 0 Å². The van der Waals surface area contributed by atoms with Crippen LogP contribution in [-0.4, -0.2) is 37.6 Å². The maximum absolute atomic E-state index is 4.61. The Bertz CT molecular complexity index is 475. The first-order valence-corrected chi connectivity index (χ1v) is 7.88. The Morgan fingerprint density at radius 2 is 2.14 bits per heavy atom. The summed E-state index contributed by atoms with van der Waals surface area (Å²) in [7, 11) is 4.01. The van der Waals surface area contributed by atoms with Crippen molar-refractivity contribution in [2.75, 3.05) is 25.5 Å². The van der Waals surface area contributed by atoms with Gasteiger partial charge in [0.25, 0.3) is 0 Å².